The second-order valence-corrected chi connectivity index (χ2v) is 7.68. The largest absolute Gasteiger partial charge is 0.491 e. The fourth-order valence-corrected chi connectivity index (χ4v) is 4.73. The zero-order chi connectivity index (χ0) is 18.3. The molecule has 5 rings (SSSR count). The first-order valence-corrected chi connectivity index (χ1v) is 9.66. The van der Waals surface area contributed by atoms with Crippen LogP contribution in [0.3, 0.4) is 0 Å². The average molecular weight is 364 g/mol. The quantitative estimate of drug-likeness (QED) is 0.903. The van der Waals surface area contributed by atoms with Crippen molar-refractivity contribution in [2.45, 2.75) is 24.3 Å². The van der Waals surface area contributed by atoms with E-state index < -0.39 is 5.54 Å². The SMILES string of the molecule is O=C1NCN(c2ccccc2)C12CCN(CC1COc3cnccc31)CC2. The Morgan fingerprint density at radius 3 is 2.81 bits per heavy atom. The number of hydrogen-bond acceptors (Lipinski definition) is 5. The molecule has 0 saturated carbocycles. The zero-order valence-electron chi connectivity index (χ0n) is 15.3. The van der Waals surface area contributed by atoms with Gasteiger partial charge in [0.05, 0.1) is 19.5 Å². The first kappa shape index (κ1) is 16.6. The summed E-state index contributed by atoms with van der Waals surface area (Å²) in [6.45, 7) is 4.14. The third-order valence-electron chi connectivity index (χ3n) is 6.26. The van der Waals surface area contributed by atoms with Gasteiger partial charge in [0.15, 0.2) is 0 Å². The summed E-state index contributed by atoms with van der Waals surface area (Å²) in [7, 11) is 0. The van der Waals surface area contributed by atoms with E-state index in [9.17, 15) is 4.79 Å². The average Bonchev–Trinajstić information content (AvgIpc) is 3.26. The highest BCUT2D eigenvalue weighted by molar-refractivity contribution is 5.93. The van der Waals surface area contributed by atoms with E-state index in [1.54, 1.807) is 6.20 Å². The van der Waals surface area contributed by atoms with Crippen LogP contribution in [-0.2, 0) is 4.79 Å². The topological polar surface area (TPSA) is 57.7 Å². The van der Waals surface area contributed by atoms with Crippen molar-refractivity contribution in [3.8, 4) is 5.75 Å². The predicted octanol–water partition coefficient (Wildman–Crippen LogP) is 1.99. The molecule has 1 aromatic heterocycles. The maximum atomic E-state index is 12.8. The molecule has 0 bridgehead atoms. The summed E-state index contributed by atoms with van der Waals surface area (Å²) in [5, 5.41) is 3.07. The van der Waals surface area contributed by atoms with Crippen LogP contribution in [0.5, 0.6) is 5.75 Å². The highest BCUT2D eigenvalue weighted by atomic mass is 16.5. The van der Waals surface area contributed by atoms with Gasteiger partial charge in [0.2, 0.25) is 5.91 Å². The molecule has 2 saturated heterocycles. The number of para-hydroxylation sites is 1. The Bertz CT molecular complexity index is 833. The summed E-state index contributed by atoms with van der Waals surface area (Å²) in [5.41, 5.74) is 1.97. The van der Waals surface area contributed by atoms with E-state index in [-0.39, 0.29) is 5.91 Å². The van der Waals surface area contributed by atoms with Crippen LogP contribution in [-0.4, -0.2) is 54.2 Å². The number of hydrogen-bond donors (Lipinski definition) is 1. The second kappa shape index (κ2) is 6.53. The molecule has 3 aliphatic rings. The Labute approximate surface area is 159 Å². The number of nitrogens with one attached hydrogen (secondary N) is 1. The summed E-state index contributed by atoms with van der Waals surface area (Å²) in [5.74, 6) is 1.48. The molecule has 2 fully saturated rings. The Morgan fingerprint density at radius 2 is 2.00 bits per heavy atom. The van der Waals surface area contributed by atoms with Gasteiger partial charge in [0.1, 0.15) is 11.3 Å². The van der Waals surface area contributed by atoms with Crippen LogP contribution < -0.4 is 15.0 Å². The number of nitrogens with zero attached hydrogens (tertiary/aromatic N) is 3. The molecule has 4 heterocycles. The zero-order valence-corrected chi connectivity index (χ0v) is 15.3. The lowest BCUT2D eigenvalue weighted by atomic mass is 9.85. The van der Waals surface area contributed by atoms with E-state index in [2.05, 4.69) is 38.3 Å². The van der Waals surface area contributed by atoms with Crippen molar-refractivity contribution < 1.29 is 9.53 Å². The maximum absolute atomic E-state index is 12.8. The number of carbonyl (C=O) groups excluding carboxylic acids is 1. The molecule has 27 heavy (non-hydrogen) atoms. The number of benzene rings is 1. The summed E-state index contributed by atoms with van der Waals surface area (Å²) < 4.78 is 5.78. The molecule has 3 aliphatic heterocycles. The van der Waals surface area contributed by atoms with Crippen LogP contribution in [0.1, 0.15) is 24.3 Å². The number of pyridine rings is 1. The third-order valence-corrected chi connectivity index (χ3v) is 6.26. The highest BCUT2D eigenvalue weighted by Gasteiger charge is 2.50. The first-order chi connectivity index (χ1) is 13.3. The molecule has 1 unspecified atom stereocenters. The van der Waals surface area contributed by atoms with E-state index >= 15 is 0 Å². The lowest BCUT2D eigenvalue weighted by Crippen LogP contribution is -2.56. The molecule has 6 nitrogen and oxygen atoms in total. The van der Waals surface area contributed by atoms with Crippen molar-refractivity contribution in [2.75, 3.05) is 37.8 Å². The van der Waals surface area contributed by atoms with Crippen molar-refractivity contribution in [1.82, 2.24) is 15.2 Å². The van der Waals surface area contributed by atoms with Crippen molar-refractivity contribution in [3.05, 3.63) is 54.4 Å². The van der Waals surface area contributed by atoms with E-state index in [1.807, 2.05) is 24.4 Å². The van der Waals surface area contributed by atoms with E-state index in [0.717, 1.165) is 50.5 Å². The number of anilines is 1. The number of carbonyl (C=O) groups is 1. The molecule has 0 radical (unpaired) electrons. The Hall–Kier alpha value is -2.60. The normalized spacial score (nSPS) is 23.9. The summed E-state index contributed by atoms with van der Waals surface area (Å²) >= 11 is 0. The van der Waals surface area contributed by atoms with Gasteiger partial charge in [-0.25, -0.2) is 0 Å². The third kappa shape index (κ3) is 2.75. The van der Waals surface area contributed by atoms with Gasteiger partial charge in [0.25, 0.3) is 0 Å². The van der Waals surface area contributed by atoms with Crippen molar-refractivity contribution >= 4 is 11.6 Å². The maximum Gasteiger partial charge on any atom is 0.247 e. The van der Waals surface area contributed by atoms with Gasteiger partial charge < -0.3 is 19.9 Å². The fourth-order valence-electron chi connectivity index (χ4n) is 4.73. The van der Waals surface area contributed by atoms with Crippen molar-refractivity contribution in [1.29, 1.82) is 0 Å². The van der Waals surface area contributed by atoms with Crippen LogP contribution in [0.15, 0.2) is 48.8 Å². The molecule has 1 spiro atoms. The van der Waals surface area contributed by atoms with Gasteiger partial charge >= 0.3 is 0 Å². The van der Waals surface area contributed by atoms with Gasteiger partial charge in [-0.3, -0.25) is 9.78 Å². The summed E-state index contributed by atoms with van der Waals surface area (Å²) in [6.07, 6.45) is 5.35. The number of piperidine rings is 1. The first-order valence-electron chi connectivity index (χ1n) is 9.66. The second-order valence-electron chi connectivity index (χ2n) is 7.68. The van der Waals surface area contributed by atoms with Crippen LogP contribution in [0.25, 0.3) is 0 Å². The van der Waals surface area contributed by atoms with Gasteiger partial charge in [-0.05, 0) is 31.0 Å². The molecule has 2 aromatic rings. The highest BCUT2D eigenvalue weighted by Crippen LogP contribution is 2.38. The Kier molecular flexibility index (Phi) is 4.01. The molecule has 1 atom stereocenters. The smallest absolute Gasteiger partial charge is 0.247 e. The number of likely N-dealkylation sites (tertiary alicyclic amines) is 1. The molecule has 0 aliphatic carbocycles. The van der Waals surface area contributed by atoms with Gasteiger partial charge in [-0.2, -0.15) is 0 Å². The molecule has 1 amide bonds. The lowest BCUT2D eigenvalue weighted by Gasteiger charge is -2.43. The van der Waals surface area contributed by atoms with E-state index in [1.165, 1.54) is 5.56 Å². The predicted molar refractivity (Wildman–Crippen MR) is 103 cm³/mol. The summed E-state index contributed by atoms with van der Waals surface area (Å²) in [4.78, 5) is 21.6. The number of amides is 1. The van der Waals surface area contributed by atoms with E-state index in [4.69, 9.17) is 4.74 Å². The Morgan fingerprint density at radius 1 is 1.19 bits per heavy atom. The fraction of sp³-hybridized carbons (Fsp3) is 0.429. The van der Waals surface area contributed by atoms with Crippen LogP contribution >= 0.6 is 0 Å². The van der Waals surface area contributed by atoms with E-state index in [0.29, 0.717) is 12.6 Å². The minimum absolute atomic E-state index is 0.173. The number of rotatable bonds is 3. The molecule has 1 aromatic carbocycles. The van der Waals surface area contributed by atoms with Crippen LogP contribution in [0, 0.1) is 0 Å². The lowest BCUT2D eigenvalue weighted by molar-refractivity contribution is -0.125. The van der Waals surface area contributed by atoms with Crippen LogP contribution in [0.4, 0.5) is 5.69 Å². The van der Waals surface area contributed by atoms with Gasteiger partial charge in [-0.15, -0.1) is 0 Å². The number of fused-ring (bicyclic) bond motifs is 1. The molecule has 6 heteroatoms. The number of ether oxygens (including phenoxy) is 1. The summed E-state index contributed by atoms with van der Waals surface area (Å²) in [6, 6.07) is 12.3. The molecular weight excluding hydrogens is 340 g/mol. The standard InChI is InChI=1S/C21H24N4O2/c26-20-21(25(15-23-20)17-4-2-1-3-5-17)7-10-24(11-8-21)13-16-14-27-19-12-22-9-6-18(16)19/h1-6,9,12,16H,7-8,10-11,13-15H2,(H,23,26). The molecule has 1 N–H and O–H groups in total. The Balaban J connectivity index is 1.29. The molecule has 140 valence electrons. The monoisotopic (exact) mass is 364 g/mol. The van der Waals surface area contributed by atoms with Gasteiger partial charge in [-0.1, -0.05) is 18.2 Å². The van der Waals surface area contributed by atoms with Crippen LogP contribution in [0.2, 0.25) is 0 Å². The van der Waals surface area contributed by atoms with Crippen molar-refractivity contribution in [2.24, 2.45) is 0 Å². The number of aromatic nitrogens is 1. The minimum atomic E-state index is -0.411. The van der Waals surface area contributed by atoms with Crippen molar-refractivity contribution in [3.63, 3.8) is 0 Å². The van der Waals surface area contributed by atoms with Gasteiger partial charge in [0, 0.05) is 43.0 Å². The minimum Gasteiger partial charge on any atom is -0.491 e. The molecular formula is C21H24N4O2.